The van der Waals surface area contributed by atoms with Gasteiger partial charge in [0.15, 0.2) is 9.84 Å². The number of hydrogen-bond donors (Lipinski definition) is 1. The molecule has 0 spiro atoms. The normalized spacial score (nSPS) is 12.5. The van der Waals surface area contributed by atoms with Crippen LogP contribution in [0.5, 0.6) is 0 Å². The van der Waals surface area contributed by atoms with E-state index in [1.807, 2.05) is 37.2 Å². The second-order valence-electron chi connectivity index (χ2n) is 6.91. The van der Waals surface area contributed by atoms with Crippen LogP contribution in [-0.2, 0) is 14.6 Å². The average molecular weight is 413 g/mol. The minimum absolute atomic E-state index is 0.0302. The summed E-state index contributed by atoms with van der Waals surface area (Å²) in [7, 11) is 0.153. The lowest BCUT2D eigenvalue weighted by atomic mass is 10.1. The maximum atomic E-state index is 13.1. The lowest BCUT2D eigenvalue weighted by molar-refractivity contribution is 0.0498. The average Bonchev–Trinajstić information content (AvgIpc) is 2.70. The Morgan fingerprint density at radius 3 is 2.28 bits per heavy atom. The summed E-state index contributed by atoms with van der Waals surface area (Å²) in [6.07, 6.45) is -2.25. The first-order valence-corrected chi connectivity index (χ1v) is 10.8. The van der Waals surface area contributed by atoms with E-state index < -0.39 is 22.1 Å². The third-order valence-corrected chi connectivity index (χ3v) is 6.54. The molecule has 0 saturated carbocycles. The van der Waals surface area contributed by atoms with Gasteiger partial charge in [0.25, 0.3) is 0 Å². The van der Waals surface area contributed by atoms with Gasteiger partial charge in [0.05, 0.1) is 10.6 Å². The highest BCUT2D eigenvalue weighted by Crippen LogP contribution is 2.32. The zero-order chi connectivity index (χ0) is 21.0. The van der Waals surface area contributed by atoms with Gasteiger partial charge in [0.2, 0.25) is 0 Å². The number of nitrogens with zero attached hydrogens (tertiary/aromatic N) is 1. The van der Waals surface area contributed by atoms with Crippen molar-refractivity contribution < 1.29 is 23.1 Å². The molecule has 0 radical (unpaired) electrons. The van der Waals surface area contributed by atoms with Gasteiger partial charge in [0, 0.05) is 37.0 Å². The van der Waals surface area contributed by atoms with E-state index in [0.29, 0.717) is 10.9 Å². The molecule has 0 amide bonds. The van der Waals surface area contributed by atoms with Crippen molar-refractivity contribution in [1.82, 2.24) is 0 Å². The van der Waals surface area contributed by atoms with E-state index in [2.05, 4.69) is 0 Å². The number of ether oxygens (including phenoxy) is 1. The number of carboxylic acid groups (broad SMARTS) is 1. The molecule has 6 nitrogen and oxygen atoms in total. The van der Waals surface area contributed by atoms with Gasteiger partial charge in [-0.3, -0.25) is 0 Å². The van der Waals surface area contributed by atoms with E-state index in [0.717, 1.165) is 11.1 Å². The number of hydrogen-bond acceptors (Lipinski definition) is 5. The molecule has 0 saturated heterocycles. The summed E-state index contributed by atoms with van der Waals surface area (Å²) in [5.41, 5.74) is 1.55. The highest BCUT2D eigenvalue weighted by Gasteiger charge is 2.23. The maximum Gasteiger partial charge on any atom is 0.506 e. The molecule has 0 aromatic heterocycles. The van der Waals surface area contributed by atoms with Gasteiger partial charge in [-0.1, -0.05) is 54.6 Å². The van der Waals surface area contributed by atoms with Gasteiger partial charge in [0.1, 0.15) is 6.10 Å². The van der Waals surface area contributed by atoms with Gasteiger partial charge in [-0.2, -0.15) is 0 Å². The molecular formula is C22H23NO5S. The second-order valence-corrected chi connectivity index (χ2v) is 8.99. The van der Waals surface area contributed by atoms with Crippen LogP contribution >= 0.6 is 0 Å². The van der Waals surface area contributed by atoms with Gasteiger partial charge in [-0.25, -0.2) is 13.2 Å². The molecule has 0 aliphatic heterocycles. The van der Waals surface area contributed by atoms with Crippen LogP contribution in [0.1, 0.15) is 18.1 Å². The molecular weight excluding hydrogens is 390 g/mol. The third-order valence-electron chi connectivity index (χ3n) is 4.74. The Morgan fingerprint density at radius 1 is 0.966 bits per heavy atom. The van der Waals surface area contributed by atoms with Crippen molar-refractivity contribution in [2.75, 3.05) is 24.7 Å². The van der Waals surface area contributed by atoms with Crippen molar-refractivity contribution in [2.45, 2.75) is 17.4 Å². The Balaban J connectivity index is 1.93. The SMILES string of the molecule is CN(C)c1cccc2c(S(=O)(=O)CCC(OC(=O)O)c3ccccc3)cccc12. The molecule has 3 rings (SSSR count). The van der Waals surface area contributed by atoms with Crippen molar-refractivity contribution in [3.05, 3.63) is 72.3 Å². The van der Waals surface area contributed by atoms with Crippen LogP contribution in [0.3, 0.4) is 0 Å². The van der Waals surface area contributed by atoms with E-state index in [1.54, 1.807) is 48.5 Å². The highest BCUT2D eigenvalue weighted by molar-refractivity contribution is 7.91. The molecule has 29 heavy (non-hydrogen) atoms. The molecule has 152 valence electrons. The summed E-state index contributed by atoms with van der Waals surface area (Å²) in [5.74, 6) is -0.231. The summed E-state index contributed by atoms with van der Waals surface area (Å²) < 4.78 is 31.2. The molecule has 1 atom stereocenters. The number of benzene rings is 3. The first kappa shape index (κ1) is 20.7. The largest absolute Gasteiger partial charge is 0.506 e. The van der Waals surface area contributed by atoms with Gasteiger partial charge >= 0.3 is 6.16 Å². The van der Waals surface area contributed by atoms with Gasteiger partial charge in [-0.05, 0) is 17.7 Å². The van der Waals surface area contributed by atoms with Crippen molar-refractivity contribution in [1.29, 1.82) is 0 Å². The molecule has 0 fully saturated rings. The smallest absolute Gasteiger partial charge is 0.450 e. The minimum Gasteiger partial charge on any atom is -0.450 e. The first-order chi connectivity index (χ1) is 13.8. The Labute approximate surface area is 170 Å². The van der Waals surface area contributed by atoms with E-state index in [1.165, 1.54) is 0 Å². The quantitative estimate of drug-likeness (QED) is 0.574. The summed E-state index contributed by atoms with van der Waals surface area (Å²) in [5, 5.41) is 10.5. The highest BCUT2D eigenvalue weighted by atomic mass is 32.2. The predicted molar refractivity (Wildman–Crippen MR) is 113 cm³/mol. The van der Waals surface area contributed by atoms with Crippen molar-refractivity contribution in [3.8, 4) is 0 Å². The lowest BCUT2D eigenvalue weighted by Gasteiger charge is -2.18. The maximum absolute atomic E-state index is 13.1. The van der Waals surface area contributed by atoms with Crippen molar-refractivity contribution >= 4 is 32.5 Å². The molecule has 7 heteroatoms. The Kier molecular flexibility index (Phi) is 6.08. The molecule has 1 unspecified atom stereocenters. The monoisotopic (exact) mass is 413 g/mol. The van der Waals surface area contributed by atoms with Crippen LogP contribution in [0.2, 0.25) is 0 Å². The first-order valence-electron chi connectivity index (χ1n) is 9.16. The van der Waals surface area contributed by atoms with Crippen LogP contribution in [-0.4, -0.2) is 39.5 Å². The fraction of sp³-hybridized carbons (Fsp3) is 0.227. The number of fused-ring (bicyclic) bond motifs is 1. The zero-order valence-electron chi connectivity index (χ0n) is 16.3. The predicted octanol–water partition coefficient (Wildman–Crippen LogP) is 4.51. The van der Waals surface area contributed by atoms with Crippen molar-refractivity contribution in [2.24, 2.45) is 0 Å². The fourth-order valence-corrected chi connectivity index (χ4v) is 4.92. The van der Waals surface area contributed by atoms with Gasteiger partial charge < -0.3 is 14.7 Å². The number of sulfone groups is 1. The molecule has 0 aliphatic rings. The number of rotatable bonds is 7. The van der Waals surface area contributed by atoms with E-state index in [-0.39, 0.29) is 17.1 Å². The second kappa shape index (κ2) is 8.53. The summed E-state index contributed by atoms with van der Waals surface area (Å²) in [4.78, 5) is 13.2. The van der Waals surface area contributed by atoms with E-state index >= 15 is 0 Å². The molecule has 0 heterocycles. The number of carbonyl (C=O) groups is 1. The summed E-state index contributed by atoms with van der Waals surface area (Å²) >= 11 is 0. The zero-order valence-corrected chi connectivity index (χ0v) is 17.1. The molecule has 1 N–H and O–H groups in total. The fourth-order valence-electron chi connectivity index (χ4n) is 3.38. The Bertz CT molecular complexity index is 1110. The number of anilines is 1. The van der Waals surface area contributed by atoms with Crippen LogP contribution in [0.25, 0.3) is 10.8 Å². The van der Waals surface area contributed by atoms with Crippen LogP contribution in [0.15, 0.2) is 71.6 Å². The van der Waals surface area contributed by atoms with Crippen LogP contribution in [0.4, 0.5) is 10.5 Å². The lowest BCUT2D eigenvalue weighted by Crippen LogP contribution is -2.16. The molecule has 0 bridgehead atoms. The topological polar surface area (TPSA) is 83.9 Å². The Hall–Kier alpha value is -3.06. The van der Waals surface area contributed by atoms with E-state index in [4.69, 9.17) is 9.84 Å². The standard InChI is InChI=1S/C22H23NO5S/c1-23(2)19-12-6-11-18-17(19)10-7-13-21(18)29(26,27)15-14-20(28-22(24)25)16-8-4-3-5-9-16/h3-13,20H,14-15H2,1-2H3,(H,24,25). The van der Waals surface area contributed by atoms with Crippen LogP contribution in [0, 0.1) is 0 Å². The molecule has 3 aromatic rings. The van der Waals surface area contributed by atoms with Gasteiger partial charge in [-0.15, -0.1) is 0 Å². The summed E-state index contributed by atoms with van der Waals surface area (Å²) in [6.45, 7) is 0. The molecule has 3 aromatic carbocycles. The minimum atomic E-state index is -3.66. The van der Waals surface area contributed by atoms with E-state index in [9.17, 15) is 13.2 Å². The Morgan fingerprint density at radius 2 is 1.62 bits per heavy atom. The van der Waals surface area contributed by atoms with Crippen LogP contribution < -0.4 is 4.90 Å². The molecule has 0 aliphatic carbocycles. The summed E-state index contributed by atoms with van der Waals surface area (Å²) in [6, 6.07) is 19.5. The van der Waals surface area contributed by atoms with Crippen molar-refractivity contribution in [3.63, 3.8) is 0 Å². The third kappa shape index (κ3) is 4.68.